The first-order chi connectivity index (χ1) is 12.5. The first-order valence-corrected chi connectivity index (χ1v) is 7.88. The molecule has 0 aliphatic carbocycles. The molecule has 26 heavy (non-hydrogen) atoms. The summed E-state index contributed by atoms with van der Waals surface area (Å²) < 4.78 is 26.5. The molecular weight excluding hydrogens is 338 g/mol. The molecule has 3 rings (SSSR count). The van der Waals surface area contributed by atoms with E-state index in [0.29, 0.717) is 18.4 Å². The number of carbonyl (C=O) groups is 1. The molecule has 7 heteroatoms. The number of halogens is 2. The van der Waals surface area contributed by atoms with Gasteiger partial charge in [0.2, 0.25) is 0 Å². The zero-order chi connectivity index (χ0) is 18.5. The summed E-state index contributed by atoms with van der Waals surface area (Å²) in [4.78, 5) is 14.0. The Morgan fingerprint density at radius 3 is 2.46 bits per heavy atom. The molecule has 5 nitrogen and oxygen atoms in total. The predicted molar refractivity (Wildman–Crippen MR) is 94.9 cm³/mol. The fourth-order valence-electron chi connectivity index (χ4n) is 2.37. The third kappa shape index (κ3) is 4.18. The van der Waals surface area contributed by atoms with Crippen molar-refractivity contribution in [2.45, 2.75) is 6.54 Å². The summed E-state index contributed by atoms with van der Waals surface area (Å²) in [6, 6.07) is 15.9. The van der Waals surface area contributed by atoms with Crippen molar-refractivity contribution in [3.8, 4) is 0 Å². The van der Waals surface area contributed by atoms with Crippen molar-refractivity contribution in [1.29, 1.82) is 0 Å². The van der Waals surface area contributed by atoms with E-state index in [4.69, 9.17) is 0 Å². The zero-order valence-electron chi connectivity index (χ0n) is 14.0. The van der Waals surface area contributed by atoms with E-state index in [0.717, 1.165) is 17.7 Å². The third-order valence-electron chi connectivity index (χ3n) is 3.72. The Morgan fingerprint density at radius 1 is 1.04 bits per heavy atom. The van der Waals surface area contributed by atoms with Gasteiger partial charge in [0, 0.05) is 19.7 Å². The molecule has 0 bridgehead atoms. The number of hydrogen-bond acceptors (Lipinski definition) is 4. The Hall–Kier alpha value is -3.35. The van der Waals surface area contributed by atoms with Gasteiger partial charge in [0.1, 0.15) is 11.6 Å². The number of anilines is 2. The van der Waals surface area contributed by atoms with Crippen LogP contribution in [0.25, 0.3) is 0 Å². The second-order valence-corrected chi connectivity index (χ2v) is 5.70. The first-order valence-electron chi connectivity index (χ1n) is 7.88. The molecular formula is C19H16F2N4O. The average Bonchev–Trinajstić information content (AvgIpc) is 2.65. The van der Waals surface area contributed by atoms with E-state index in [1.807, 2.05) is 42.3 Å². The van der Waals surface area contributed by atoms with E-state index >= 15 is 0 Å². The summed E-state index contributed by atoms with van der Waals surface area (Å²) in [6.45, 7) is 0.641. The molecule has 0 unspecified atom stereocenters. The monoisotopic (exact) mass is 354 g/mol. The normalized spacial score (nSPS) is 10.4. The van der Waals surface area contributed by atoms with Crippen LogP contribution in [-0.2, 0) is 6.54 Å². The quantitative estimate of drug-likeness (QED) is 0.760. The van der Waals surface area contributed by atoms with Gasteiger partial charge in [-0.3, -0.25) is 4.79 Å². The number of benzene rings is 2. The molecule has 132 valence electrons. The molecule has 1 N–H and O–H groups in total. The third-order valence-corrected chi connectivity index (χ3v) is 3.72. The Labute approximate surface area is 149 Å². The van der Waals surface area contributed by atoms with E-state index in [2.05, 4.69) is 15.5 Å². The summed E-state index contributed by atoms with van der Waals surface area (Å²) >= 11 is 0. The number of aromatic nitrogens is 2. The van der Waals surface area contributed by atoms with Crippen LogP contribution in [-0.4, -0.2) is 23.2 Å². The molecule has 2 aromatic carbocycles. The van der Waals surface area contributed by atoms with Crippen molar-refractivity contribution in [2.75, 3.05) is 17.3 Å². The predicted octanol–water partition coefficient (Wildman–Crippen LogP) is 3.64. The lowest BCUT2D eigenvalue weighted by Gasteiger charge is -2.17. The molecule has 0 saturated carbocycles. The summed E-state index contributed by atoms with van der Waals surface area (Å²) in [6.07, 6.45) is 0. The molecule has 0 aliphatic heterocycles. The average molecular weight is 354 g/mol. The fourth-order valence-corrected chi connectivity index (χ4v) is 2.37. The lowest BCUT2D eigenvalue weighted by molar-refractivity contribution is 0.102. The largest absolute Gasteiger partial charge is 0.354 e. The van der Waals surface area contributed by atoms with Gasteiger partial charge in [0.05, 0.1) is 5.69 Å². The van der Waals surface area contributed by atoms with Crippen LogP contribution >= 0.6 is 0 Å². The zero-order valence-corrected chi connectivity index (χ0v) is 14.0. The Bertz CT molecular complexity index is 901. The summed E-state index contributed by atoms with van der Waals surface area (Å²) in [7, 11) is 1.87. The highest BCUT2D eigenvalue weighted by Crippen LogP contribution is 2.16. The summed E-state index contributed by atoms with van der Waals surface area (Å²) in [5.41, 5.74) is 1.03. The van der Waals surface area contributed by atoms with Crippen molar-refractivity contribution in [3.63, 3.8) is 0 Å². The Balaban J connectivity index is 1.67. The van der Waals surface area contributed by atoms with Crippen molar-refractivity contribution in [2.24, 2.45) is 0 Å². The number of nitrogens with zero attached hydrogens (tertiary/aromatic N) is 3. The molecule has 0 saturated heterocycles. The number of hydrogen-bond donors (Lipinski definition) is 1. The molecule has 3 aromatic rings. The number of carbonyl (C=O) groups excluding carboxylic acids is 1. The number of nitrogens with one attached hydrogen (secondary N) is 1. The van der Waals surface area contributed by atoms with Crippen molar-refractivity contribution in [1.82, 2.24) is 10.2 Å². The lowest BCUT2D eigenvalue weighted by Crippen LogP contribution is -2.20. The molecule has 0 atom stereocenters. The topological polar surface area (TPSA) is 58.1 Å². The Morgan fingerprint density at radius 2 is 1.81 bits per heavy atom. The maximum Gasteiger partial charge on any atom is 0.276 e. The van der Waals surface area contributed by atoms with Crippen LogP contribution in [0.3, 0.4) is 0 Å². The summed E-state index contributed by atoms with van der Waals surface area (Å²) in [5, 5.41) is 10.3. The minimum Gasteiger partial charge on any atom is -0.354 e. The van der Waals surface area contributed by atoms with Gasteiger partial charge in [0.25, 0.3) is 5.91 Å². The molecule has 1 heterocycles. The van der Waals surface area contributed by atoms with E-state index in [-0.39, 0.29) is 11.4 Å². The van der Waals surface area contributed by atoms with Gasteiger partial charge in [-0.05, 0) is 29.8 Å². The van der Waals surface area contributed by atoms with Crippen LogP contribution in [0, 0.1) is 11.6 Å². The van der Waals surface area contributed by atoms with Crippen LogP contribution in [0.2, 0.25) is 0 Å². The minimum absolute atomic E-state index is 0.0330. The highest BCUT2D eigenvalue weighted by atomic mass is 19.1. The molecule has 0 radical (unpaired) electrons. The highest BCUT2D eigenvalue weighted by molar-refractivity contribution is 6.02. The highest BCUT2D eigenvalue weighted by Gasteiger charge is 2.13. The molecule has 0 aliphatic rings. The minimum atomic E-state index is -0.856. The van der Waals surface area contributed by atoms with Gasteiger partial charge < -0.3 is 10.2 Å². The lowest BCUT2D eigenvalue weighted by atomic mass is 10.2. The smallest absolute Gasteiger partial charge is 0.276 e. The second kappa shape index (κ2) is 7.69. The van der Waals surface area contributed by atoms with Crippen molar-refractivity contribution >= 4 is 17.4 Å². The van der Waals surface area contributed by atoms with Gasteiger partial charge in [0.15, 0.2) is 11.5 Å². The van der Waals surface area contributed by atoms with E-state index < -0.39 is 17.5 Å². The second-order valence-electron chi connectivity index (χ2n) is 5.70. The standard InChI is InChI=1S/C19H16F2N4O/c1-25(12-13-5-3-2-4-6-13)18-10-9-17(23-24-18)19(26)22-16-8-7-14(20)11-15(16)21/h2-11H,12H2,1H3,(H,22,26). The molecule has 0 fully saturated rings. The van der Waals surface area contributed by atoms with Crippen LogP contribution < -0.4 is 10.2 Å². The van der Waals surface area contributed by atoms with Gasteiger partial charge in [-0.2, -0.15) is 0 Å². The van der Waals surface area contributed by atoms with Crippen LogP contribution in [0.1, 0.15) is 16.1 Å². The van der Waals surface area contributed by atoms with Crippen LogP contribution in [0.15, 0.2) is 60.7 Å². The SMILES string of the molecule is CN(Cc1ccccc1)c1ccc(C(=O)Nc2ccc(F)cc2F)nn1. The van der Waals surface area contributed by atoms with Gasteiger partial charge in [-0.25, -0.2) is 8.78 Å². The fraction of sp³-hybridized carbons (Fsp3) is 0.105. The maximum absolute atomic E-state index is 13.6. The van der Waals surface area contributed by atoms with Crippen LogP contribution in [0.5, 0.6) is 0 Å². The van der Waals surface area contributed by atoms with Gasteiger partial charge in [-0.1, -0.05) is 30.3 Å². The summed E-state index contributed by atoms with van der Waals surface area (Å²) in [5.74, 6) is -1.60. The molecule has 0 spiro atoms. The number of amides is 1. The van der Waals surface area contributed by atoms with Crippen molar-refractivity contribution in [3.05, 3.63) is 83.6 Å². The van der Waals surface area contributed by atoms with Crippen LogP contribution in [0.4, 0.5) is 20.3 Å². The maximum atomic E-state index is 13.6. The van der Waals surface area contributed by atoms with Crippen molar-refractivity contribution < 1.29 is 13.6 Å². The molecule has 1 amide bonds. The number of rotatable bonds is 5. The van der Waals surface area contributed by atoms with E-state index in [9.17, 15) is 13.6 Å². The van der Waals surface area contributed by atoms with E-state index in [1.54, 1.807) is 6.07 Å². The Kier molecular flexibility index (Phi) is 5.17. The first kappa shape index (κ1) is 17.5. The van der Waals surface area contributed by atoms with Gasteiger partial charge in [-0.15, -0.1) is 10.2 Å². The van der Waals surface area contributed by atoms with E-state index in [1.165, 1.54) is 6.07 Å². The molecule has 1 aromatic heterocycles. The van der Waals surface area contributed by atoms with Gasteiger partial charge >= 0.3 is 0 Å².